The van der Waals surface area contributed by atoms with E-state index < -0.39 is 7.12 Å². The molecule has 0 aromatic heterocycles. The molecule has 2 heterocycles. The number of carbonyl (C=O) groups excluding carboxylic acids is 1. The Balaban J connectivity index is 1.61. The minimum Gasteiger partial charge on any atom is -0.484 e. The van der Waals surface area contributed by atoms with E-state index in [1.165, 1.54) is 6.42 Å². The van der Waals surface area contributed by atoms with Crippen LogP contribution in [0.15, 0.2) is 24.3 Å². The molecule has 1 aromatic carbocycles. The molecule has 3 rings (SSSR count). The van der Waals surface area contributed by atoms with Crippen LogP contribution in [0, 0.1) is 0 Å². The van der Waals surface area contributed by atoms with Crippen LogP contribution in [-0.4, -0.2) is 48.8 Å². The van der Waals surface area contributed by atoms with Gasteiger partial charge in [-0.15, -0.1) is 0 Å². The number of likely N-dealkylation sites (tertiary alicyclic amines) is 1. The summed E-state index contributed by atoms with van der Waals surface area (Å²) in [6, 6.07) is 7.62. The largest absolute Gasteiger partial charge is 0.494 e. The minimum absolute atomic E-state index is 0.0562. The Morgan fingerprint density at radius 2 is 1.76 bits per heavy atom. The number of benzene rings is 1. The lowest BCUT2D eigenvalue weighted by Crippen LogP contribution is -2.41. The van der Waals surface area contributed by atoms with Crippen LogP contribution >= 0.6 is 0 Å². The van der Waals surface area contributed by atoms with Crippen molar-refractivity contribution in [3.05, 3.63) is 24.3 Å². The molecule has 6 heteroatoms. The standard InChI is InChI=1S/C19H28BNO4/c1-18(2)19(3,4)25-20(24-18)15-9-8-10-16(13-15)23-14-17(22)21-11-6-5-7-12-21/h8-10,13H,5-7,11-12,14H2,1-4H3. The van der Waals surface area contributed by atoms with Gasteiger partial charge in [0.1, 0.15) is 5.75 Å². The third kappa shape index (κ3) is 4.01. The average Bonchev–Trinajstić information content (AvgIpc) is 2.81. The van der Waals surface area contributed by atoms with Crippen LogP contribution in [0.3, 0.4) is 0 Å². The molecule has 5 nitrogen and oxygen atoms in total. The molecule has 2 aliphatic heterocycles. The Labute approximate surface area is 150 Å². The molecular formula is C19H28BNO4. The van der Waals surface area contributed by atoms with Gasteiger partial charge in [0.25, 0.3) is 5.91 Å². The fourth-order valence-electron chi connectivity index (χ4n) is 3.11. The smallest absolute Gasteiger partial charge is 0.484 e. The highest BCUT2D eigenvalue weighted by molar-refractivity contribution is 6.62. The number of amides is 1. The monoisotopic (exact) mass is 345 g/mol. The van der Waals surface area contributed by atoms with Gasteiger partial charge in [0.15, 0.2) is 6.61 Å². The molecule has 0 atom stereocenters. The SMILES string of the molecule is CC1(C)OB(c2cccc(OCC(=O)N3CCCCC3)c2)OC1(C)C. The van der Waals surface area contributed by atoms with Crippen LogP contribution in [0.2, 0.25) is 0 Å². The minimum atomic E-state index is -0.425. The first kappa shape index (κ1) is 18.3. The van der Waals surface area contributed by atoms with Gasteiger partial charge in [-0.3, -0.25) is 4.79 Å². The fraction of sp³-hybridized carbons (Fsp3) is 0.632. The van der Waals surface area contributed by atoms with Crippen molar-refractivity contribution in [2.45, 2.75) is 58.2 Å². The Bertz CT molecular complexity index is 610. The van der Waals surface area contributed by atoms with Crippen molar-refractivity contribution in [1.29, 1.82) is 0 Å². The Morgan fingerprint density at radius 3 is 2.40 bits per heavy atom. The molecule has 2 aliphatic rings. The van der Waals surface area contributed by atoms with Gasteiger partial charge in [-0.05, 0) is 64.6 Å². The third-order valence-corrected chi connectivity index (χ3v) is 5.45. The number of carbonyl (C=O) groups is 1. The van der Waals surface area contributed by atoms with E-state index in [0.717, 1.165) is 31.4 Å². The van der Waals surface area contributed by atoms with Crippen LogP contribution in [0.4, 0.5) is 0 Å². The van der Waals surface area contributed by atoms with Crippen LogP contribution in [0.25, 0.3) is 0 Å². The van der Waals surface area contributed by atoms with E-state index in [-0.39, 0.29) is 23.7 Å². The fourth-order valence-corrected chi connectivity index (χ4v) is 3.11. The number of piperidine rings is 1. The predicted octanol–water partition coefficient (Wildman–Crippen LogP) is 2.38. The maximum absolute atomic E-state index is 12.2. The zero-order valence-electron chi connectivity index (χ0n) is 15.7. The second-order valence-corrected chi connectivity index (χ2v) is 7.89. The third-order valence-electron chi connectivity index (χ3n) is 5.45. The van der Waals surface area contributed by atoms with Gasteiger partial charge in [-0.2, -0.15) is 0 Å². The summed E-state index contributed by atoms with van der Waals surface area (Å²) in [4.78, 5) is 14.1. The first-order chi connectivity index (χ1) is 11.8. The van der Waals surface area contributed by atoms with Crippen molar-refractivity contribution >= 4 is 18.5 Å². The van der Waals surface area contributed by atoms with Gasteiger partial charge in [-0.1, -0.05) is 12.1 Å². The molecule has 0 N–H and O–H groups in total. The lowest BCUT2D eigenvalue weighted by atomic mass is 9.79. The summed E-state index contributed by atoms with van der Waals surface area (Å²) in [5.41, 5.74) is 0.152. The Hall–Kier alpha value is -1.53. The highest BCUT2D eigenvalue weighted by Gasteiger charge is 2.51. The van der Waals surface area contributed by atoms with Crippen LogP contribution < -0.4 is 10.2 Å². The molecule has 1 aromatic rings. The number of hydrogen-bond donors (Lipinski definition) is 0. The van der Waals surface area contributed by atoms with Crippen molar-refractivity contribution in [3.8, 4) is 5.75 Å². The summed E-state index contributed by atoms with van der Waals surface area (Å²) < 4.78 is 17.9. The second-order valence-electron chi connectivity index (χ2n) is 7.89. The molecule has 25 heavy (non-hydrogen) atoms. The van der Waals surface area contributed by atoms with Crippen molar-refractivity contribution < 1.29 is 18.8 Å². The van der Waals surface area contributed by atoms with Gasteiger partial charge in [0, 0.05) is 13.1 Å². The van der Waals surface area contributed by atoms with Crippen molar-refractivity contribution in [2.75, 3.05) is 19.7 Å². The number of ether oxygens (including phenoxy) is 1. The zero-order chi connectivity index (χ0) is 18.1. The lowest BCUT2D eigenvalue weighted by molar-refractivity contribution is -0.134. The lowest BCUT2D eigenvalue weighted by Gasteiger charge is -2.32. The average molecular weight is 345 g/mol. The summed E-state index contributed by atoms with van der Waals surface area (Å²) in [7, 11) is -0.425. The number of rotatable bonds is 4. The van der Waals surface area contributed by atoms with Gasteiger partial charge in [0.05, 0.1) is 11.2 Å². The molecule has 0 spiro atoms. The van der Waals surface area contributed by atoms with E-state index in [0.29, 0.717) is 5.75 Å². The molecule has 136 valence electrons. The van der Waals surface area contributed by atoms with E-state index in [4.69, 9.17) is 14.0 Å². The molecule has 1 amide bonds. The summed E-state index contributed by atoms with van der Waals surface area (Å²) in [5.74, 6) is 0.721. The van der Waals surface area contributed by atoms with E-state index in [1.54, 1.807) is 0 Å². The number of nitrogens with zero attached hydrogens (tertiary/aromatic N) is 1. The first-order valence-corrected chi connectivity index (χ1v) is 9.15. The molecular weight excluding hydrogens is 317 g/mol. The van der Waals surface area contributed by atoms with Gasteiger partial charge in [0.2, 0.25) is 0 Å². The predicted molar refractivity (Wildman–Crippen MR) is 98.1 cm³/mol. The number of hydrogen-bond acceptors (Lipinski definition) is 4. The van der Waals surface area contributed by atoms with Crippen molar-refractivity contribution in [3.63, 3.8) is 0 Å². The first-order valence-electron chi connectivity index (χ1n) is 9.15. The molecule has 0 unspecified atom stereocenters. The summed E-state index contributed by atoms with van der Waals surface area (Å²) in [6.07, 6.45) is 3.38. The van der Waals surface area contributed by atoms with Crippen LogP contribution in [0.1, 0.15) is 47.0 Å². The highest BCUT2D eigenvalue weighted by atomic mass is 16.7. The normalized spacial score (nSPS) is 22.1. The maximum atomic E-state index is 12.2. The molecule has 2 fully saturated rings. The van der Waals surface area contributed by atoms with Crippen molar-refractivity contribution in [1.82, 2.24) is 4.90 Å². The van der Waals surface area contributed by atoms with Gasteiger partial charge in [-0.25, -0.2) is 0 Å². The highest BCUT2D eigenvalue weighted by Crippen LogP contribution is 2.36. The van der Waals surface area contributed by atoms with Crippen LogP contribution in [-0.2, 0) is 14.1 Å². The quantitative estimate of drug-likeness (QED) is 0.786. The summed E-state index contributed by atoms with van der Waals surface area (Å²) >= 11 is 0. The summed E-state index contributed by atoms with van der Waals surface area (Å²) in [6.45, 7) is 9.89. The van der Waals surface area contributed by atoms with E-state index in [9.17, 15) is 4.79 Å². The maximum Gasteiger partial charge on any atom is 0.494 e. The summed E-state index contributed by atoms with van der Waals surface area (Å²) in [5, 5.41) is 0. The molecule has 0 saturated carbocycles. The van der Waals surface area contributed by atoms with E-state index in [2.05, 4.69) is 0 Å². The zero-order valence-corrected chi connectivity index (χ0v) is 15.7. The Kier molecular flexibility index (Phi) is 5.12. The molecule has 0 radical (unpaired) electrons. The van der Waals surface area contributed by atoms with E-state index >= 15 is 0 Å². The topological polar surface area (TPSA) is 48.0 Å². The molecule has 0 bridgehead atoms. The van der Waals surface area contributed by atoms with Crippen LogP contribution in [0.5, 0.6) is 5.75 Å². The van der Waals surface area contributed by atoms with Gasteiger partial charge < -0.3 is 18.9 Å². The van der Waals surface area contributed by atoms with Crippen molar-refractivity contribution in [2.24, 2.45) is 0 Å². The van der Waals surface area contributed by atoms with Gasteiger partial charge >= 0.3 is 7.12 Å². The molecule has 0 aliphatic carbocycles. The molecule has 2 saturated heterocycles. The second kappa shape index (κ2) is 7.00. The Morgan fingerprint density at radius 1 is 1.12 bits per heavy atom. The van der Waals surface area contributed by atoms with E-state index in [1.807, 2.05) is 56.9 Å².